The minimum Gasteiger partial charge on any atom is -0.324 e. The molecule has 0 aliphatic carbocycles. The molecule has 2 rings (SSSR count). The van der Waals surface area contributed by atoms with Crippen LogP contribution < -0.4 is 5.73 Å². The van der Waals surface area contributed by atoms with Crippen molar-refractivity contribution in [3.05, 3.63) is 66.4 Å². The van der Waals surface area contributed by atoms with Gasteiger partial charge in [-0.1, -0.05) is 33.6 Å². The van der Waals surface area contributed by atoms with E-state index in [1.165, 1.54) is 12.1 Å². The summed E-state index contributed by atoms with van der Waals surface area (Å²) in [6.07, 6.45) is 0.551. The maximum absolute atomic E-state index is 13.2. The van der Waals surface area contributed by atoms with Crippen molar-refractivity contribution in [3.63, 3.8) is 0 Å². The summed E-state index contributed by atoms with van der Waals surface area (Å²) >= 11 is 11.7. The second-order valence-electron chi connectivity index (χ2n) is 4.22. The lowest BCUT2D eigenvalue weighted by atomic mass is 10.00. The lowest BCUT2D eigenvalue weighted by Crippen LogP contribution is -2.14. The molecule has 2 N–H and O–H groups in total. The van der Waals surface area contributed by atoms with Gasteiger partial charge in [0, 0.05) is 14.1 Å². The number of rotatable bonds is 3. The van der Waals surface area contributed by atoms with E-state index in [4.69, 9.17) is 17.3 Å². The molecule has 0 spiro atoms. The van der Waals surface area contributed by atoms with Gasteiger partial charge in [-0.25, -0.2) is 4.39 Å². The first kappa shape index (κ1) is 15.2. The highest BCUT2D eigenvalue weighted by Gasteiger charge is 2.11. The number of hydrogen-bond acceptors (Lipinski definition) is 1. The molecule has 0 bridgehead atoms. The van der Waals surface area contributed by atoms with Crippen molar-refractivity contribution in [1.29, 1.82) is 0 Å². The topological polar surface area (TPSA) is 26.0 Å². The van der Waals surface area contributed by atoms with Crippen LogP contribution in [0.1, 0.15) is 17.2 Å². The van der Waals surface area contributed by atoms with Crippen LogP contribution in [0.15, 0.2) is 40.9 Å². The Balaban J connectivity index is 2.22. The highest BCUT2D eigenvalue weighted by atomic mass is 127. The van der Waals surface area contributed by atoms with Crippen LogP contribution >= 0.6 is 50.1 Å². The SMILES string of the molecule is NC(Cc1cc(F)ccc1Br)c1ccc(I)c(Cl)c1. The van der Waals surface area contributed by atoms with Crippen molar-refractivity contribution in [3.8, 4) is 0 Å². The molecular formula is C14H11BrClFIN. The van der Waals surface area contributed by atoms with Gasteiger partial charge in [0.1, 0.15) is 5.82 Å². The smallest absolute Gasteiger partial charge is 0.123 e. The zero-order valence-electron chi connectivity index (χ0n) is 9.84. The molecule has 1 unspecified atom stereocenters. The predicted octanol–water partition coefficient (Wildman–Crippen LogP) is 5.09. The third-order valence-corrected chi connectivity index (χ3v) is 5.17. The summed E-state index contributed by atoms with van der Waals surface area (Å²) in [6, 6.07) is 10.1. The molecule has 2 aromatic rings. The van der Waals surface area contributed by atoms with Crippen molar-refractivity contribution in [2.24, 2.45) is 5.73 Å². The molecule has 0 radical (unpaired) electrons. The largest absolute Gasteiger partial charge is 0.324 e. The Morgan fingerprint density at radius 2 is 2.00 bits per heavy atom. The van der Waals surface area contributed by atoms with Crippen LogP contribution in [0.4, 0.5) is 4.39 Å². The molecule has 1 nitrogen and oxygen atoms in total. The van der Waals surface area contributed by atoms with E-state index in [0.717, 1.165) is 19.2 Å². The molecule has 0 aliphatic heterocycles. The number of halogens is 4. The highest BCUT2D eigenvalue weighted by Crippen LogP contribution is 2.26. The van der Waals surface area contributed by atoms with Crippen LogP contribution in [0.3, 0.4) is 0 Å². The molecule has 19 heavy (non-hydrogen) atoms. The van der Waals surface area contributed by atoms with E-state index in [9.17, 15) is 4.39 Å². The quantitative estimate of drug-likeness (QED) is 0.643. The molecule has 0 heterocycles. The molecule has 0 aromatic heterocycles. The Labute approximate surface area is 138 Å². The van der Waals surface area contributed by atoms with E-state index >= 15 is 0 Å². The van der Waals surface area contributed by atoms with Crippen molar-refractivity contribution < 1.29 is 4.39 Å². The van der Waals surface area contributed by atoms with Gasteiger partial charge in [0.15, 0.2) is 0 Å². The second-order valence-corrected chi connectivity index (χ2v) is 6.64. The molecule has 0 fully saturated rings. The van der Waals surface area contributed by atoms with Crippen LogP contribution in [0.2, 0.25) is 5.02 Å². The lowest BCUT2D eigenvalue weighted by molar-refractivity contribution is 0.621. The fourth-order valence-corrected chi connectivity index (χ4v) is 2.73. The zero-order chi connectivity index (χ0) is 14.0. The minimum absolute atomic E-state index is 0.215. The van der Waals surface area contributed by atoms with E-state index in [-0.39, 0.29) is 11.9 Å². The number of benzene rings is 2. The van der Waals surface area contributed by atoms with Gasteiger partial charge in [0.25, 0.3) is 0 Å². The summed E-state index contributed by atoms with van der Waals surface area (Å²) < 4.78 is 15.1. The van der Waals surface area contributed by atoms with E-state index in [1.54, 1.807) is 6.07 Å². The van der Waals surface area contributed by atoms with Crippen molar-refractivity contribution in [2.45, 2.75) is 12.5 Å². The fraction of sp³-hybridized carbons (Fsp3) is 0.143. The van der Waals surface area contributed by atoms with Gasteiger partial charge in [0.2, 0.25) is 0 Å². The Hall–Kier alpha value is -0.170. The summed E-state index contributed by atoms with van der Waals surface area (Å²) in [6.45, 7) is 0. The van der Waals surface area contributed by atoms with Crippen molar-refractivity contribution in [2.75, 3.05) is 0 Å². The molecular weight excluding hydrogens is 443 g/mol. The summed E-state index contributed by atoms with van der Waals surface area (Å²) in [4.78, 5) is 0. The van der Waals surface area contributed by atoms with Crippen LogP contribution in [0, 0.1) is 9.39 Å². The van der Waals surface area contributed by atoms with Gasteiger partial charge in [-0.15, -0.1) is 0 Å². The van der Waals surface area contributed by atoms with Gasteiger partial charge in [-0.05, 0) is 70.5 Å². The Morgan fingerprint density at radius 3 is 2.68 bits per heavy atom. The second kappa shape index (κ2) is 6.52. The first-order valence-electron chi connectivity index (χ1n) is 5.62. The molecule has 0 amide bonds. The van der Waals surface area contributed by atoms with Crippen molar-refractivity contribution in [1.82, 2.24) is 0 Å². The maximum Gasteiger partial charge on any atom is 0.123 e. The van der Waals surface area contributed by atoms with Crippen LogP contribution in [-0.2, 0) is 6.42 Å². The first-order chi connectivity index (χ1) is 8.97. The standard InChI is InChI=1S/C14H11BrClFIN/c15-11-3-2-10(17)5-9(11)7-14(19)8-1-4-13(18)12(16)6-8/h1-6,14H,7,19H2. The fourth-order valence-electron chi connectivity index (χ4n) is 1.80. The van der Waals surface area contributed by atoms with E-state index in [2.05, 4.69) is 38.5 Å². The van der Waals surface area contributed by atoms with Crippen molar-refractivity contribution >= 4 is 50.1 Å². The Kier molecular flexibility index (Phi) is 5.22. The molecule has 5 heteroatoms. The first-order valence-corrected chi connectivity index (χ1v) is 7.87. The van der Waals surface area contributed by atoms with Gasteiger partial charge < -0.3 is 5.73 Å². The molecule has 100 valence electrons. The summed E-state index contributed by atoms with van der Waals surface area (Å²) in [5.74, 6) is -0.258. The average molecular weight is 455 g/mol. The van der Waals surface area contributed by atoms with Crippen LogP contribution in [0.25, 0.3) is 0 Å². The summed E-state index contributed by atoms with van der Waals surface area (Å²) in [7, 11) is 0. The van der Waals surface area contributed by atoms with Crippen LogP contribution in [0.5, 0.6) is 0 Å². The molecule has 2 aromatic carbocycles. The Bertz CT molecular complexity index is 606. The summed E-state index contributed by atoms with van der Waals surface area (Å²) in [5.41, 5.74) is 7.96. The van der Waals surface area contributed by atoms with Gasteiger partial charge in [-0.3, -0.25) is 0 Å². The third kappa shape index (κ3) is 3.90. The minimum atomic E-state index is -0.258. The van der Waals surface area contributed by atoms with Gasteiger partial charge in [-0.2, -0.15) is 0 Å². The molecule has 0 saturated heterocycles. The number of nitrogens with two attached hydrogens (primary N) is 1. The van der Waals surface area contributed by atoms with E-state index in [1.807, 2.05) is 18.2 Å². The van der Waals surface area contributed by atoms with E-state index < -0.39 is 0 Å². The predicted molar refractivity (Wildman–Crippen MR) is 88.9 cm³/mol. The van der Waals surface area contributed by atoms with Crippen LogP contribution in [-0.4, -0.2) is 0 Å². The van der Waals surface area contributed by atoms with E-state index in [0.29, 0.717) is 11.4 Å². The highest BCUT2D eigenvalue weighted by molar-refractivity contribution is 14.1. The molecule has 0 saturated carbocycles. The third-order valence-electron chi connectivity index (χ3n) is 2.82. The van der Waals surface area contributed by atoms with Gasteiger partial charge in [0.05, 0.1) is 5.02 Å². The lowest BCUT2D eigenvalue weighted by Gasteiger charge is -2.14. The molecule has 0 aliphatic rings. The van der Waals surface area contributed by atoms with Gasteiger partial charge >= 0.3 is 0 Å². The molecule has 1 atom stereocenters. The Morgan fingerprint density at radius 1 is 1.26 bits per heavy atom. The normalized spacial score (nSPS) is 12.5. The monoisotopic (exact) mass is 453 g/mol. The summed E-state index contributed by atoms with van der Waals surface area (Å²) in [5, 5.41) is 0.687. The zero-order valence-corrected chi connectivity index (χ0v) is 14.3. The number of hydrogen-bond donors (Lipinski definition) is 1. The maximum atomic E-state index is 13.2. The average Bonchev–Trinajstić information content (AvgIpc) is 2.37.